The number of halogens is 1. The van der Waals surface area contributed by atoms with Crippen LogP contribution < -0.4 is 9.80 Å². The van der Waals surface area contributed by atoms with Crippen molar-refractivity contribution >= 4 is 17.4 Å². The van der Waals surface area contributed by atoms with Gasteiger partial charge in [0.1, 0.15) is 23.7 Å². The van der Waals surface area contributed by atoms with Crippen molar-refractivity contribution < 1.29 is 9.18 Å². The third kappa shape index (κ3) is 4.24. The van der Waals surface area contributed by atoms with E-state index in [4.69, 9.17) is 0 Å². The molecule has 0 aliphatic carbocycles. The molecule has 0 radical (unpaired) electrons. The molecular weight excluding hydrogens is 357 g/mol. The Bertz CT molecular complexity index is 797. The summed E-state index contributed by atoms with van der Waals surface area (Å²) in [6.07, 6.45) is 6.01. The summed E-state index contributed by atoms with van der Waals surface area (Å²) in [5, 5.41) is 0. The Balaban J connectivity index is 1.40. The minimum atomic E-state index is -0.218. The van der Waals surface area contributed by atoms with Crippen LogP contribution in [0.4, 0.5) is 15.9 Å². The van der Waals surface area contributed by atoms with E-state index < -0.39 is 0 Å². The van der Waals surface area contributed by atoms with Crippen molar-refractivity contribution in [1.82, 2.24) is 14.9 Å². The van der Waals surface area contributed by atoms with Crippen LogP contribution >= 0.6 is 0 Å². The molecule has 2 aliphatic rings. The van der Waals surface area contributed by atoms with Crippen molar-refractivity contribution in [1.29, 1.82) is 0 Å². The van der Waals surface area contributed by atoms with Gasteiger partial charge in [-0.3, -0.25) is 4.79 Å². The smallest absolute Gasteiger partial charge is 0.272 e. The molecule has 0 unspecified atom stereocenters. The zero-order valence-corrected chi connectivity index (χ0v) is 16.1. The summed E-state index contributed by atoms with van der Waals surface area (Å²) >= 11 is 0. The van der Waals surface area contributed by atoms with E-state index in [0.717, 1.165) is 63.6 Å². The number of aromatic nitrogens is 2. The minimum absolute atomic E-state index is 0.00972. The summed E-state index contributed by atoms with van der Waals surface area (Å²) in [7, 11) is 0. The van der Waals surface area contributed by atoms with E-state index in [0.29, 0.717) is 5.69 Å². The lowest BCUT2D eigenvalue weighted by Crippen LogP contribution is -2.47. The molecule has 2 fully saturated rings. The Morgan fingerprint density at radius 2 is 1.46 bits per heavy atom. The van der Waals surface area contributed by atoms with Crippen molar-refractivity contribution in [3.8, 4) is 0 Å². The monoisotopic (exact) mass is 383 g/mol. The van der Waals surface area contributed by atoms with Crippen LogP contribution in [0.25, 0.3) is 0 Å². The lowest BCUT2D eigenvalue weighted by Gasteiger charge is -2.36. The first-order valence-corrected chi connectivity index (χ1v) is 10.1. The van der Waals surface area contributed by atoms with Crippen LogP contribution in [-0.4, -0.2) is 60.0 Å². The van der Waals surface area contributed by atoms with Crippen LogP contribution in [0.2, 0.25) is 0 Å². The molecule has 4 rings (SSSR count). The number of hydrogen-bond acceptors (Lipinski definition) is 5. The second-order valence-corrected chi connectivity index (χ2v) is 7.42. The second-order valence-electron chi connectivity index (χ2n) is 7.42. The fourth-order valence-electron chi connectivity index (χ4n) is 3.92. The minimum Gasteiger partial charge on any atom is -0.368 e. The molecule has 2 aliphatic heterocycles. The Morgan fingerprint density at radius 1 is 0.821 bits per heavy atom. The molecular formula is C21H26FN5O. The number of anilines is 2. The Hall–Kier alpha value is -2.70. The number of benzene rings is 1. The summed E-state index contributed by atoms with van der Waals surface area (Å²) in [6, 6.07) is 8.43. The second kappa shape index (κ2) is 8.54. The van der Waals surface area contributed by atoms with Gasteiger partial charge in [0.25, 0.3) is 5.91 Å². The number of amides is 1. The van der Waals surface area contributed by atoms with Gasteiger partial charge in [-0.2, -0.15) is 0 Å². The number of rotatable bonds is 3. The highest BCUT2D eigenvalue weighted by atomic mass is 19.1. The molecule has 0 atom stereocenters. The quantitative estimate of drug-likeness (QED) is 0.816. The van der Waals surface area contributed by atoms with E-state index in [-0.39, 0.29) is 11.7 Å². The highest BCUT2D eigenvalue weighted by Gasteiger charge is 2.22. The summed E-state index contributed by atoms with van der Waals surface area (Å²) in [5.41, 5.74) is 1.51. The fraction of sp³-hybridized carbons (Fsp3) is 0.476. The van der Waals surface area contributed by atoms with Gasteiger partial charge in [0, 0.05) is 51.0 Å². The van der Waals surface area contributed by atoms with Crippen molar-refractivity contribution in [2.45, 2.75) is 25.7 Å². The Kier molecular flexibility index (Phi) is 5.69. The summed E-state index contributed by atoms with van der Waals surface area (Å²) in [4.78, 5) is 27.8. The molecule has 3 heterocycles. The predicted molar refractivity (Wildman–Crippen MR) is 107 cm³/mol. The number of likely N-dealkylation sites (tertiary alicyclic amines) is 1. The topological polar surface area (TPSA) is 52.6 Å². The number of carbonyl (C=O) groups is 1. The molecule has 0 spiro atoms. The van der Waals surface area contributed by atoms with E-state index in [1.165, 1.54) is 31.3 Å². The van der Waals surface area contributed by atoms with E-state index in [1.54, 1.807) is 0 Å². The maximum absolute atomic E-state index is 13.1. The summed E-state index contributed by atoms with van der Waals surface area (Å²) in [6.45, 7) is 4.87. The van der Waals surface area contributed by atoms with E-state index in [2.05, 4.69) is 19.8 Å². The van der Waals surface area contributed by atoms with Crippen molar-refractivity contribution in [3.05, 3.63) is 48.2 Å². The average molecular weight is 383 g/mol. The van der Waals surface area contributed by atoms with E-state index in [1.807, 2.05) is 23.1 Å². The van der Waals surface area contributed by atoms with Gasteiger partial charge in [0.2, 0.25) is 0 Å². The Morgan fingerprint density at radius 3 is 2.14 bits per heavy atom. The molecule has 7 heteroatoms. The number of carbonyl (C=O) groups excluding carboxylic acids is 1. The van der Waals surface area contributed by atoms with E-state index in [9.17, 15) is 9.18 Å². The third-order valence-electron chi connectivity index (χ3n) is 5.56. The van der Waals surface area contributed by atoms with Gasteiger partial charge in [-0.15, -0.1) is 0 Å². The fourth-order valence-corrected chi connectivity index (χ4v) is 3.92. The first kappa shape index (κ1) is 18.7. The highest BCUT2D eigenvalue weighted by Crippen LogP contribution is 2.20. The van der Waals surface area contributed by atoms with Crippen LogP contribution in [0, 0.1) is 5.82 Å². The molecule has 0 bridgehead atoms. The van der Waals surface area contributed by atoms with Gasteiger partial charge in [0.05, 0.1) is 0 Å². The van der Waals surface area contributed by atoms with E-state index >= 15 is 0 Å². The zero-order chi connectivity index (χ0) is 19.3. The first-order chi connectivity index (χ1) is 13.7. The van der Waals surface area contributed by atoms with Crippen LogP contribution in [-0.2, 0) is 0 Å². The predicted octanol–water partition coefficient (Wildman–Crippen LogP) is 2.96. The standard InChI is InChI=1S/C21H26FN5O/c22-17-5-7-18(8-6-17)25-11-13-26(14-12-25)20-15-19(23-16-24-20)21(28)27-9-3-1-2-4-10-27/h5-8,15-16H,1-4,9-14H2. The van der Waals surface area contributed by atoms with Gasteiger partial charge in [0.15, 0.2) is 0 Å². The van der Waals surface area contributed by atoms with Gasteiger partial charge in [-0.05, 0) is 37.1 Å². The average Bonchev–Trinajstić information content (AvgIpc) is 3.04. The lowest BCUT2D eigenvalue weighted by atomic mass is 10.2. The zero-order valence-electron chi connectivity index (χ0n) is 16.1. The largest absolute Gasteiger partial charge is 0.368 e. The van der Waals surface area contributed by atoms with Crippen LogP contribution in [0.1, 0.15) is 36.2 Å². The van der Waals surface area contributed by atoms with Crippen LogP contribution in [0.3, 0.4) is 0 Å². The maximum Gasteiger partial charge on any atom is 0.272 e. The van der Waals surface area contributed by atoms with Crippen LogP contribution in [0.15, 0.2) is 36.7 Å². The van der Waals surface area contributed by atoms with Gasteiger partial charge >= 0.3 is 0 Å². The van der Waals surface area contributed by atoms with Crippen molar-refractivity contribution in [2.75, 3.05) is 49.1 Å². The van der Waals surface area contributed by atoms with Gasteiger partial charge in [-0.1, -0.05) is 12.8 Å². The molecule has 148 valence electrons. The summed E-state index contributed by atoms with van der Waals surface area (Å²) in [5.74, 6) is 0.590. The maximum atomic E-state index is 13.1. The molecule has 1 aromatic heterocycles. The molecule has 2 saturated heterocycles. The SMILES string of the molecule is O=C(c1cc(N2CCN(c3ccc(F)cc3)CC2)ncn1)N1CCCCCC1. The molecule has 0 saturated carbocycles. The summed E-state index contributed by atoms with van der Waals surface area (Å²) < 4.78 is 13.1. The molecule has 2 aromatic rings. The lowest BCUT2D eigenvalue weighted by molar-refractivity contribution is 0.0755. The van der Waals surface area contributed by atoms with Gasteiger partial charge < -0.3 is 14.7 Å². The molecule has 0 N–H and O–H groups in total. The first-order valence-electron chi connectivity index (χ1n) is 10.1. The number of hydrogen-bond donors (Lipinski definition) is 0. The highest BCUT2D eigenvalue weighted by molar-refractivity contribution is 5.93. The molecule has 6 nitrogen and oxygen atoms in total. The molecule has 1 amide bonds. The third-order valence-corrected chi connectivity index (χ3v) is 5.56. The normalized spacial score (nSPS) is 18.1. The number of nitrogens with zero attached hydrogens (tertiary/aromatic N) is 5. The van der Waals surface area contributed by atoms with Crippen molar-refractivity contribution in [2.24, 2.45) is 0 Å². The van der Waals surface area contributed by atoms with Crippen LogP contribution in [0.5, 0.6) is 0 Å². The molecule has 1 aromatic carbocycles. The van der Waals surface area contributed by atoms with Crippen molar-refractivity contribution in [3.63, 3.8) is 0 Å². The van der Waals surface area contributed by atoms with Gasteiger partial charge in [-0.25, -0.2) is 14.4 Å². The number of piperazine rings is 1. The Labute approximate surface area is 165 Å². The molecule has 28 heavy (non-hydrogen) atoms.